The summed E-state index contributed by atoms with van der Waals surface area (Å²) in [6.07, 6.45) is 3.24. The molecule has 1 aliphatic heterocycles. The standard InChI is InChI=1S/C29H35F3N4O3.C17H21ClN2O2/c1-2-9-24-21-35(20-23-10-4-3-5-11-23)28(38)36(27(24)37)15-8-14-33-16-18-34(19-17-33)25-12-6-7-13-26(25)39-22-29(30,31)32;1-2-7-15-13-19(12-14-8-4-3-5-9-14)17(22)20(16(15)21)11-6-10-18/h3-7,10-13,21H,2,8-9,14-20,22H2,1H3;3-5,8-9,13H,2,6-7,10-12H2,1H3. The fourth-order valence-corrected chi connectivity index (χ4v) is 7.49. The van der Waals surface area contributed by atoms with Crippen molar-refractivity contribution in [3.05, 3.63) is 161 Å². The summed E-state index contributed by atoms with van der Waals surface area (Å²) in [6.45, 7) is 7.72. The average Bonchev–Trinajstić information content (AvgIpc) is 3.26. The van der Waals surface area contributed by atoms with Crippen LogP contribution in [-0.2, 0) is 39.0 Å². The van der Waals surface area contributed by atoms with Crippen molar-refractivity contribution in [3.8, 4) is 5.75 Å². The van der Waals surface area contributed by atoms with Gasteiger partial charge in [-0.1, -0.05) is 99.5 Å². The quantitative estimate of drug-likeness (QED) is 0.0894. The lowest BCUT2D eigenvalue weighted by Crippen LogP contribution is -2.47. The first-order valence-electron chi connectivity index (χ1n) is 21.0. The molecule has 3 heterocycles. The number of piperazine rings is 1. The molecular weight excluding hydrogens is 809 g/mol. The third-order valence-corrected chi connectivity index (χ3v) is 10.7. The minimum absolute atomic E-state index is 0.179. The van der Waals surface area contributed by atoms with Gasteiger partial charge in [0.15, 0.2) is 6.61 Å². The number of hydrogen-bond donors (Lipinski definition) is 0. The van der Waals surface area contributed by atoms with Gasteiger partial charge in [0, 0.05) is 68.7 Å². The van der Waals surface area contributed by atoms with E-state index in [9.17, 15) is 32.3 Å². The Labute approximate surface area is 359 Å². The highest BCUT2D eigenvalue weighted by molar-refractivity contribution is 6.17. The second kappa shape index (κ2) is 23.0. The topological polar surface area (TPSA) is 104 Å². The Balaban J connectivity index is 0.000000271. The summed E-state index contributed by atoms with van der Waals surface area (Å²) in [5, 5.41) is 0. The van der Waals surface area contributed by atoms with Crippen LogP contribution in [0.15, 0.2) is 117 Å². The number of rotatable bonds is 18. The summed E-state index contributed by atoms with van der Waals surface area (Å²) in [6, 6.07) is 26.3. The normalized spacial score (nSPS) is 13.2. The number of aryl methyl sites for hydroxylation is 2. The van der Waals surface area contributed by atoms with E-state index in [2.05, 4.69) is 4.90 Å². The molecule has 0 radical (unpaired) electrons. The Kier molecular flexibility index (Phi) is 17.6. The van der Waals surface area contributed by atoms with Crippen molar-refractivity contribution in [1.29, 1.82) is 0 Å². The van der Waals surface area contributed by atoms with Gasteiger partial charge < -0.3 is 9.64 Å². The van der Waals surface area contributed by atoms with Crippen molar-refractivity contribution in [3.63, 3.8) is 0 Å². The summed E-state index contributed by atoms with van der Waals surface area (Å²) in [4.78, 5) is 55.5. The molecule has 11 nitrogen and oxygen atoms in total. The van der Waals surface area contributed by atoms with Crippen molar-refractivity contribution in [2.75, 3.05) is 50.1 Å². The minimum atomic E-state index is -4.39. The van der Waals surface area contributed by atoms with Crippen LogP contribution in [0.2, 0.25) is 0 Å². The number of benzene rings is 3. The number of nitrogens with zero attached hydrogens (tertiary/aromatic N) is 6. The molecule has 328 valence electrons. The van der Waals surface area contributed by atoms with Crippen molar-refractivity contribution >= 4 is 17.3 Å². The van der Waals surface area contributed by atoms with Crippen molar-refractivity contribution < 1.29 is 17.9 Å². The molecule has 0 bridgehead atoms. The summed E-state index contributed by atoms with van der Waals surface area (Å²) >= 11 is 5.70. The molecule has 5 aromatic rings. The van der Waals surface area contributed by atoms with Crippen LogP contribution in [0.25, 0.3) is 0 Å². The molecule has 0 amide bonds. The third-order valence-electron chi connectivity index (χ3n) is 10.4. The van der Waals surface area contributed by atoms with Gasteiger partial charge in [-0.05, 0) is 55.5 Å². The van der Waals surface area contributed by atoms with Crippen LogP contribution >= 0.6 is 11.6 Å². The predicted octanol–water partition coefficient (Wildman–Crippen LogP) is 6.80. The molecule has 2 aromatic heterocycles. The van der Waals surface area contributed by atoms with E-state index in [4.69, 9.17) is 16.3 Å². The highest BCUT2D eigenvalue weighted by atomic mass is 35.5. The molecule has 1 saturated heterocycles. The van der Waals surface area contributed by atoms with Crippen molar-refractivity contribution in [1.82, 2.24) is 23.2 Å². The first-order valence-corrected chi connectivity index (χ1v) is 21.5. The summed E-state index contributed by atoms with van der Waals surface area (Å²) in [5.74, 6) is 0.657. The van der Waals surface area contributed by atoms with Crippen LogP contribution < -0.4 is 32.1 Å². The van der Waals surface area contributed by atoms with Gasteiger partial charge in [0.25, 0.3) is 11.1 Å². The number of halogens is 4. The summed E-state index contributed by atoms with van der Waals surface area (Å²) < 4.78 is 48.9. The lowest BCUT2D eigenvalue weighted by Gasteiger charge is -2.36. The van der Waals surface area contributed by atoms with Crippen LogP contribution in [0.4, 0.5) is 18.9 Å². The summed E-state index contributed by atoms with van der Waals surface area (Å²) in [7, 11) is 0. The fraction of sp³-hybridized carbons (Fsp3) is 0.435. The number of alkyl halides is 4. The fourth-order valence-electron chi connectivity index (χ4n) is 7.37. The highest BCUT2D eigenvalue weighted by Gasteiger charge is 2.29. The minimum Gasteiger partial charge on any atom is -0.482 e. The van der Waals surface area contributed by atoms with Gasteiger partial charge in [0.2, 0.25) is 0 Å². The van der Waals surface area contributed by atoms with E-state index in [0.717, 1.165) is 37.1 Å². The average molecular weight is 865 g/mol. The second-order valence-electron chi connectivity index (χ2n) is 15.1. The van der Waals surface area contributed by atoms with E-state index in [0.29, 0.717) is 94.2 Å². The van der Waals surface area contributed by atoms with Gasteiger partial charge in [-0.25, -0.2) is 9.59 Å². The molecule has 0 aliphatic carbocycles. The smallest absolute Gasteiger partial charge is 0.422 e. The second-order valence-corrected chi connectivity index (χ2v) is 15.5. The van der Waals surface area contributed by atoms with Gasteiger partial charge in [0.1, 0.15) is 5.75 Å². The van der Waals surface area contributed by atoms with Crippen LogP contribution in [0.3, 0.4) is 0 Å². The lowest BCUT2D eigenvalue weighted by atomic mass is 10.2. The van der Waals surface area contributed by atoms with E-state index in [-0.39, 0.29) is 28.2 Å². The Bertz CT molecular complexity index is 2370. The van der Waals surface area contributed by atoms with E-state index < -0.39 is 12.8 Å². The van der Waals surface area contributed by atoms with E-state index in [1.165, 1.54) is 9.13 Å². The SMILES string of the molecule is CCCc1cn(Cc2ccccc2)c(=O)n(CCCCl)c1=O.CCCc1cn(Cc2ccccc2)c(=O)n(CCCN2CCN(c3ccccc3OCC(F)(F)F)CC2)c1=O. The van der Waals surface area contributed by atoms with Crippen LogP contribution in [-0.4, -0.2) is 74.6 Å². The number of ether oxygens (including phenoxy) is 1. The number of hydrogen-bond acceptors (Lipinski definition) is 7. The van der Waals surface area contributed by atoms with Crippen molar-refractivity contribution in [2.24, 2.45) is 0 Å². The van der Waals surface area contributed by atoms with E-state index >= 15 is 0 Å². The van der Waals surface area contributed by atoms with Gasteiger partial charge in [-0.2, -0.15) is 13.2 Å². The molecule has 0 unspecified atom stereocenters. The first-order chi connectivity index (χ1) is 29.4. The molecule has 1 aliphatic rings. The Morgan fingerprint density at radius 2 is 1.10 bits per heavy atom. The number of aromatic nitrogens is 4. The largest absolute Gasteiger partial charge is 0.482 e. The zero-order chi connectivity index (χ0) is 43.8. The zero-order valence-electron chi connectivity index (χ0n) is 35.0. The lowest BCUT2D eigenvalue weighted by molar-refractivity contribution is -0.153. The van der Waals surface area contributed by atoms with Crippen LogP contribution in [0.5, 0.6) is 5.75 Å². The molecule has 15 heteroatoms. The number of anilines is 1. The monoisotopic (exact) mass is 864 g/mol. The molecule has 0 saturated carbocycles. The first kappa shape index (κ1) is 46.7. The molecule has 6 rings (SSSR count). The highest BCUT2D eigenvalue weighted by Crippen LogP contribution is 2.30. The van der Waals surface area contributed by atoms with Gasteiger partial charge in [0.05, 0.1) is 18.8 Å². The van der Waals surface area contributed by atoms with E-state index in [1.54, 1.807) is 45.8 Å². The predicted molar refractivity (Wildman–Crippen MR) is 236 cm³/mol. The van der Waals surface area contributed by atoms with Crippen LogP contribution in [0.1, 0.15) is 61.8 Å². The molecule has 61 heavy (non-hydrogen) atoms. The summed E-state index contributed by atoms with van der Waals surface area (Å²) in [5.41, 5.74) is 3.06. The maximum Gasteiger partial charge on any atom is 0.422 e. The van der Waals surface area contributed by atoms with Gasteiger partial charge in [-0.3, -0.25) is 32.8 Å². The van der Waals surface area contributed by atoms with Gasteiger partial charge >= 0.3 is 17.6 Å². The molecule has 3 aromatic carbocycles. The number of para-hydroxylation sites is 2. The Hall–Kier alpha value is -5.34. The zero-order valence-corrected chi connectivity index (χ0v) is 35.8. The molecule has 0 atom stereocenters. The molecule has 0 N–H and O–H groups in total. The maximum atomic E-state index is 13.2. The molecule has 0 spiro atoms. The van der Waals surface area contributed by atoms with Crippen molar-refractivity contribution in [2.45, 2.75) is 84.7 Å². The van der Waals surface area contributed by atoms with Gasteiger partial charge in [-0.15, -0.1) is 11.6 Å². The Morgan fingerprint density at radius 1 is 0.623 bits per heavy atom. The van der Waals surface area contributed by atoms with Crippen LogP contribution in [0, 0.1) is 0 Å². The molecular formula is C46H56ClF3N6O5. The maximum absolute atomic E-state index is 13.2. The molecule has 1 fully saturated rings. The van der Waals surface area contributed by atoms with E-state index in [1.807, 2.05) is 79.4 Å². The Morgan fingerprint density at radius 3 is 1.57 bits per heavy atom. The third kappa shape index (κ3) is 13.6.